The number of nitrogen functional groups attached to an aromatic ring is 1. The Morgan fingerprint density at radius 1 is 1.31 bits per heavy atom. The lowest BCUT2D eigenvalue weighted by molar-refractivity contribution is 0.570. The molecule has 0 saturated heterocycles. The summed E-state index contributed by atoms with van der Waals surface area (Å²) < 4.78 is 0. The molecule has 1 aromatic heterocycles. The molecular formula is C11H19NS. The Bertz CT molecular complexity index is 236. The zero-order valence-electron chi connectivity index (χ0n) is 8.55. The van der Waals surface area contributed by atoms with Gasteiger partial charge in [-0.2, -0.15) is 0 Å². The summed E-state index contributed by atoms with van der Waals surface area (Å²) >= 11 is 1.81. The van der Waals surface area contributed by atoms with Crippen molar-refractivity contribution in [2.24, 2.45) is 0 Å². The Morgan fingerprint density at radius 2 is 1.92 bits per heavy atom. The first-order chi connectivity index (χ1) is 6.29. The smallest absolute Gasteiger partial charge is 0.0458 e. The molecule has 2 N–H and O–H groups in total. The van der Waals surface area contributed by atoms with Gasteiger partial charge in [-0.1, -0.05) is 26.7 Å². The van der Waals surface area contributed by atoms with Gasteiger partial charge in [-0.3, -0.25) is 0 Å². The maximum absolute atomic E-state index is 5.91. The summed E-state index contributed by atoms with van der Waals surface area (Å²) in [6.45, 7) is 4.49. The van der Waals surface area contributed by atoms with Crippen LogP contribution in [-0.2, 0) is 0 Å². The van der Waals surface area contributed by atoms with Crippen molar-refractivity contribution in [3.8, 4) is 0 Å². The van der Waals surface area contributed by atoms with Gasteiger partial charge in [0.05, 0.1) is 0 Å². The van der Waals surface area contributed by atoms with Crippen molar-refractivity contribution in [1.82, 2.24) is 0 Å². The second kappa shape index (κ2) is 5.28. The van der Waals surface area contributed by atoms with Crippen LogP contribution < -0.4 is 5.73 Å². The van der Waals surface area contributed by atoms with E-state index in [4.69, 9.17) is 5.73 Å². The topological polar surface area (TPSA) is 26.0 Å². The van der Waals surface area contributed by atoms with Crippen molar-refractivity contribution in [3.63, 3.8) is 0 Å². The Balaban J connectivity index is 2.69. The van der Waals surface area contributed by atoms with E-state index in [1.807, 2.05) is 17.4 Å². The fourth-order valence-electron chi connectivity index (χ4n) is 1.77. The maximum atomic E-state index is 5.91. The molecule has 1 aromatic rings. The molecule has 0 aliphatic heterocycles. The van der Waals surface area contributed by atoms with E-state index in [0.717, 1.165) is 5.69 Å². The van der Waals surface area contributed by atoms with Crippen LogP contribution in [0.5, 0.6) is 0 Å². The quantitative estimate of drug-likeness (QED) is 0.758. The SMILES string of the molecule is CCCC(CCC)c1sccc1N. The molecule has 0 bridgehead atoms. The molecule has 0 aromatic carbocycles. The number of anilines is 1. The maximum Gasteiger partial charge on any atom is 0.0458 e. The van der Waals surface area contributed by atoms with Gasteiger partial charge in [0.2, 0.25) is 0 Å². The Kier molecular flexibility index (Phi) is 4.29. The minimum Gasteiger partial charge on any atom is -0.398 e. The highest BCUT2D eigenvalue weighted by atomic mass is 32.1. The number of hydrogen-bond acceptors (Lipinski definition) is 2. The van der Waals surface area contributed by atoms with Crippen molar-refractivity contribution in [2.45, 2.75) is 45.4 Å². The minimum atomic E-state index is 0.704. The normalized spacial score (nSPS) is 11.0. The summed E-state index contributed by atoms with van der Waals surface area (Å²) in [7, 11) is 0. The number of nitrogens with two attached hydrogens (primary N) is 1. The third-order valence-corrected chi connectivity index (χ3v) is 3.47. The molecule has 0 unspecified atom stereocenters. The van der Waals surface area contributed by atoms with Gasteiger partial charge in [-0.25, -0.2) is 0 Å². The van der Waals surface area contributed by atoms with Gasteiger partial charge >= 0.3 is 0 Å². The van der Waals surface area contributed by atoms with Crippen molar-refractivity contribution < 1.29 is 0 Å². The van der Waals surface area contributed by atoms with Crippen LogP contribution in [0, 0.1) is 0 Å². The van der Waals surface area contributed by atoms with E-state index >= 15 is 0 Å². The van der Waals surface area contributed by atoms with Crippen molar-refractivity contribution in [2.75, 3.05) is 5.73 Å². The number of hydrogen-bond donors (Lipinski definition) is 1. The average molecular weight is 197 g/mol. The van der Waals surface area contributed by atoms with E-state index in [0.29, 0.717) is 5.92 Å². The number of thiophene rings is 1. The molecule has 0 fully saturated rings. The van der Waals surface area contributed by atoms with Crippen LogP contribution in [0.1, 0.15) is 50.3 Å². The van der Waals surface area contributed by atoms with Crippen molar-refractivity contribution in [1.29, 1.82) is 0 Å². The van der Waals surface area contributed by atoms with Gasteiger partial charge in [-0.15, -0.1) is 11.3 Å². The van der Waals surface area contributed by atoms with E-state index in [9.17, 15) is 0 Å². The van der Waals surface area contributed by atoms with Crippen LogP contribution in [0.25, 0.3) is 0 Å². The van der Waals surface area contributed by atoms with Gasteiger partial charge in [-0.05, 0) is 30.2 Å². The predicted octanol–water partition coefficient (Wildman–Crippen LogP) is 4.01. The number of rotatable bonds is 5. The molecule has 1 heterocycles. The highest BCUT2D eigenvalue weighted by molar-refractivity contribution is 7.10. The van der Waals surface area contributed by atoms with Gasteiger partial charge < -0.3 is 5.73 Å². The van der Waals surface area contributed by atoms with Crippen LogP contribution in [0.2, 0.25) is 0 Å². The Labute approximate surface area is 85.0 Å². The molecule has 0 spiro atoms. The first kappa shape index (κ1) is 10.6. The van der Waals surface area contributed by atoms with Crippen LogP contribution in [0.15, 0.2) is 11.4 Å². The summed E-state index contributed by atoms with van der Waals surface area (Å²) in [5, 5.41) is 2.10. The molecule has 0 saturated carbocycles. The van der Waals surface area contributed by atoms with E-state index in [-0.39, 0.29) is 0 Å². The van der Waals surface area contributed by atoms with Gasteiger partial charge in [0.15, 0.2) is 0 Å². The monoisotopic (exact) mass is 197 g/mol. The van der Waals surface area contributed by atoms with Gasteiger partial charge in [0.1, 0.15) is 0 Å². The summed E-state index contributed by atoms with van der Waals surface area (Å²) in [6.07, 6.45) is 5.06. The summed E-state index contributed by atoms with van der Waals surface area (Å²) in [6, 6.07) is 2.03. The summed E-state index contributed by atoms with van der Waals surface area (Å²) in [5.74, 6) is 0.704. The highest BCUT2D eigenvalue weighted by Gasteiger charge is 2.13. The Morgan fingerprint density at radius 3 is 2.31 bits per heavy atom. The third-order valence-electron chi connectivity index (χ3n) is 2.37. The Hall–Kier alpha value is -0.500. The van der Waals surface area contributed by atoms with Crippen LogP contribution in [0.3, 0.4) is 0 Å². The molecule has 13 heavy (non-hydrogen) atoms. The minimum absolute atomic E-state index is 0.704. The fraction of sp³-hybridized carbons (Fsp3) is 0.636. The van der Waals surface area contributed by atoms with Gasteiger partial charge in [0.25, 0.3) is 0 Å². The zero-order valence-corrected chi connectivity index (χ0v) is 9.36. The molecule has 0 radical (unpaired) electrons. The van der Waals surface area contributed by atoms with E-state index < -0.39 is 0 Å². The highest BCUT2D eigenvalue weighted by Crippen LogP contribution is 2.34. The molecule has 0 aliphatic rings. The lowest BCUT2D eigenvalue weighted by atomic mass is 9.96. The lowest BCUT2D eigenvalue weighted by Gasteiger charge is -2.14. The molecule has 0 amide bonds. The zero-order chi connectivity index (χ0) is 9.68. The van der Waals surface area contributed by atoms with Crippen LogP contribution in [0.4, 0.5) is 5.69 Å². The second-order valence-corrected chi connectivity index (χ2v) is 4.46. The molecule has 0 aliphatic carbocycles. The molecule has 74 valence electrons. The summed E-state index contributed by atoms with van der Waals surface area (Å²) in [5.41, 5.74) is 6.91. The van der Waals surface area contributed by atoms with Crippen LogP contribution in [-0.4, -0.2) is 0 Å². The van der Waals surface area contributed by atoms with E-state index in [1.54, 1.807) is 0 Å². The first-order valence-corrected chi connectivity index (χ1v) is 6.00. The third kappa shape index (κ3) is 2.73. The molecule has 2 heteroatoms. The van der Waals surface area contributed by atoms with E-state index in [2.05, 4.69) is 19.2 Å². The van der Waals surface area contributed by atoms with E-state index in [1.165, 1.54) is 30.6 Å². The largest absolute Gasteiger partial charge is 0.398 e. The average Bonchev–Trinajstić information content (AvgIpc) is 2.51. The predicted molar refractivity (Wildman–Crippen MR) is 61.3 cm³/mol. The fourth-order valence-corrected chi connectivity index (χ4v) is 2.76. The van der Waals surface area contributed by atoms with Gasteiger partial charge in [0, 0.05) is 10.6 Å². The first-order valence-electron chi connectivity index (χ1n) is 5.12. The molecule has 1 rings (SSSR count). The standard InChI is InChI=1S/C11H19NS/c1-3-5-9(6-4-2)11-10(12)7-8-13-11/h7-9H,3-6,12H2,1-2H3. The molecule has 0 atom stereocenters. The lowest BCUT2D eigenvalue weighted by Crippen LogP contribution is -1.98. The van der Waals surface area contributed by atoms with Crippen LogP contribution >= 0.6 is 11.3 Å². The molecular weight excluding hydrogens is 178 g/mol. The van der Waals surface area contributed by atoms with Crippen molar-refractivity contribution in [3.05, 3.63) is 16.3 Å². The molecule has 1 nitrogen and oxygen atoms in total. The second-order valence-electron chi connectivity index (χ2n) is 3.51. The summed E-state index contributed by atoms with van der Waals surface area (Å²) in [4.78, 5) is 1.41. The van der Waals surface area contributed by atoms with Crippen molar-refractivity contribution >= 4 is 17.0 Å².